The second-order valence-electron chi connectivity index (χ2n) is 9.31. The van der Waals surface area contributed by atoms with Crippen LogP contribution >= 0.6 is 0 Å². The molecular formula is C23H34N2O2. The zero-order chi connectivity index (χ0) is 19.2. The Kier molecular flexibility index (Phi) is 5.06. The molecule has 1 saturated carbocycles. The molecule has 4 nitrogen and oxygen atoms in total. The molecule has 1 amide bonds. The molecule has 0 unspecified atom stereocenters. The maximum atomic E-state index is 12.7. The molecule has 1 aliphatic carbocycles. The number of benzene rings is 1. The van der Waals surface area contributed by atoms with Crippen molar-refractivity contribution in [1.82, 2.24) is 9.80 Å². The van der Waals surface area contributed by atoms with Gasteiger partial charge in [-0.2, -0.15) is 0 Å². The van der Waals surface area contributed by atoms with Crippen LogP contribution in [0.15, 0.2) is 12.1 Å². The number of carbonyl (C=O) groups is 1. The summed E-state index contributed by atoms with van der Waals surface area (Å²) in [7, 11) is 0. The summed E-state index contributed by atoms with van der Waals surface area (Å²) in [5, 5.41) is 11.2. The van der Waals surface area contributed by atoms with Crippen molar-refractivity contribution >= 4 is 5.91 Å². The number of rotatable bonds is 3. The molecule has 27 heavy (non-hydrogen) atoms. The Morgan fingerprint density at radius 1 is 1.07 bits per heavy atom. The number of hydrogen-bond donors (Lipinski definition) is 1. The van der Waals surface area contributed by atoms with Crippen molar-refractivity contribution in [1.29, 1.82) is 0 Å². The van der Waals surface area contributed by atoms with Gasteiger partial charge in [-0.3, -0.25) is 9.69 Å². The van der Waals surface area contributed by atoms with Gasteiger partial charge in [-0.05, 0) is 68.7 Å². The highest BCUT2D eigenvalue weighted by Gasteiger charge is 2.46. The summed E-state index contributed by atoms with van der Waals surface area (Å²) in [5.74, 6) is 0.773. The summed E-state index contributed by atoms with van der Waals surface area (Å²) in [6.45, 7) is 10.8. The van der Waals surface area contributed by atoms with Gasteiger partial charge in [0.05, 0.1) is 5.60 Å². The summed E-state index contributed by atoms with van der Waals surface area (Å²) in [6, 6.07) is 4.60. The van der Waals surface area contributed by atoms with Crippen LogP contribution in [0.1, 0.15) is 54.4 Å². The van der Waals surface area contributed by atoms with Crippen LogP contribution in [-0.4, -0.2) is 52.6 Å². The third kappa shape index (κ3) is 3.66. The van der Waals surface area contributed by atoms with Crippen molar-refractivity contribution in [3.63, 3.8) is 0 Å². The van der Waals surface area contributed by atoms with Crippen molar-refractivity contribution < 1.29 is 9.90 Å². The van der Waals surface area contributed by atoms with Gasteiger partial charge in [0.15, 0.2) is 0 Å². The van der Waals surface area contributed by atoms with Crippen LogP contribution in [0.5, 0.6) is 0 Å². The van der Waals surface area contributed by atoms with Gasteiger partial charge in [0, 0.05) is 44.6 Å². The molecule has 2 aliphatic heterocycles. The second-order valence-corrected chi connectivity index (χ2v) is 9.31. The summed E-state index contributed by atoms with van der Waals surface area (Å²) in [6.07, 6.45) is 4.88. The van der Waals surface area contributed by atoms with Crippen LogP contribution in [-0.2, 0) is 11.3 Å². The van der Waals surface area contributed by atoms with Crippen LogP contribution < -0.4 is 0 Å². The molecule has 148 valence electrons. The standard InChI is InChI=1S/C23H34N2O2/c1-16-11-18(3)20(12-17(16)2)13-24-9-7-23(27)8-10-25(15-21(23)14-24)22(26)19-5-4-6-19/h11-12,19,21,27H,4-10,13-15H2,1-3H3/t21-,23-/m1/s1. The van der Waals surface area contributed by atoms with Crippen LogP contribution in [0.4, 0.5) is 0 Å². The third-order valence-corrected chi connectivity index (χ3v) is 7.47. The first-order valence-corrected chi connectivity index (χ1v) is 10.7. The average molecular weight is 371 g/mol. The molecule has 4 rings (SSSR count). The fourth-order valence-electron chi connectivity index (χ4n) is 5.06. The quantitative estimate of drug-likeness (QED) is 0.889. The van der Waals surface area contributed by atoms with Crippen molar-refractivity contribution in [2.24, 2.45) is 11.8 Å². The topological polar surface area (TPSA) is 43.8 Å². The predicted molar refractivity (Wildman–Crippen MR) is 108 cm³/mol. The third-order valence-electron chi connectivity index (χ3n) is 7.47. The largest absolute Gasteiger partial charge is 0.389 e. The molecule has 2 atom stereocenters. The number of fused-ring (bicyclic) bond motifs is 1. The van der Waals surface area contributed by atoms with E-state index in [-0.39, 0.29) is 11.8 Å². The lowest BCUT2D eigenvalue weighted by Crippen LogP contribution is -2.61. The summed E-state index contributed by atoms with van der Waals surface area (Å²) in [4.78, 5) is 17.2. The van der Waals surface area contributed by atoms with Crippen LogP contribution in [0.2, 0.25) is 0 Å². The number of amides is 1. The Hall–Kier alpha value is -1.39. The molecule has 0 aromatic heterocycles. The molecule has 4 heteroatoms. The van der Waals surface area contributed by atoms with Gasteiger partial charge < -0.3 is 10.0 Å². The molecule has 2 saturated heterocycles. The minimum Gasteiger partial charge on any atom is -0.389 e. The Morgan fingerprint density at radius 3 is 2.48 bits per heavy atom. The number of aryl methyl sites for hydroxylation is 3. The van der Waals surface area contributed by atoms with Crippen LogP contribution in [0.3, 0.4) is 0 Å². The number of aliphatic hydroxyl groups is 1. The summed E-state index contributed by atoms with van der Waals surface area (Å²) < 4.78 is 0. The highest BCUT2D eigenvalue weighted by atomic mass is 16.3. The Bertz CT molecular complexity index is 727. The number of nitrogens with zero attached hydrogens (tertiary/aromatic N) is 2. The van der Waals surface area contributed by atoms with Crippen molar-refractivity contribution in [2.75, 3.05) is 26.2 Å². The van der Waals surface area contributed by atoms with E-state index < -0.39 is 5.60 Å². The molecule has 0 spiro atoms. The lowest BCUT2D eigenvalue weighted by atomic mass is 9.74. The first kappa shape index (κ1) is 18.9. The van der Waals surface area contributed by atoms with Crippen molar-refractivity contribution in [3.8, 4) is 0 Å². The van der Waals surface area contributed by atoms with Gasteiger partial charge >= 0.3 is 0 Å². The minimum absolute atomic E-state index is 0.177. The molecule has 1 aromatic carbocycles. The monoisotopic (exact) mass is 370 g/mol. The normalized spacial score (nSPS) is 29.3. The first-order chi connectivity index (χ1) is 12.9. The fraction of sp³-hybridized carbons (Fsp3) is 0.696. The number of piperidine rings is 2. The van der Waals surface area contributed by atoms with E-state index >= 15 is 0 Å². The zero-order valence-corrected chi connectivity index (χ0v) is 17.1. The van der Waals surface area contributed by atoms with Gasteiger partial charge in [-0.1, -0.05) is 18.6 Å². The number of likely N-dealkylation sites (tertiary alicyclic amines) is 2. The molecule has 0 radical (unpaired) electrons. The van der Waals surface area contributed by atoms with Gasteiger partial charge in [0.2, 0.25) is 5.91 Å². The second kappa shape index (κ2) is 7.21. The summed E-state index contributed by atoms with van der Waals surface area (Å²) in [5.41, 5.74) is 4.86. The molecule has 1 N–H and O–H groups in total. The van der Waals surface area contributed by atoms with E-state index in [0.29, 0.717) is 5.91 Å². The van der Waals surface area contributed by atoms with Crippen LogP contribution in [0.25, 0.3) is 0 Å². The molecule has 1 aromatic rings. The SMILES string of the molecule is Cc1cc(C)c(CN2CC[C@@]3(O)CCN(C(=O)C4CCC4)C[C@H]3C2)cc1C. The van der Waals surface area contributed by atoms with E-state index in [1.165, 1.54) is 28.7 Å². The van der Waals surface area contributed by atoms with Crippen LogP contribution in [0, 0.1) is 32.6 Å². The Labute approximate surface area is 163 Å². The van der Waals surface area contributed by atoms with E-state index in [4.69, 9.17) is 0 Å². The Balaban J connectivity index is 1.43. The number of carbonyl (C=O) groups excluding carboxylic acids is 1. The smallest absolute Gasteiger partial charge is 0.225 e. The van der Waals surface area contributed by atoms with E-state index in [0.717, 1.165) is 58.4 Å². The lowest BCUT2D eigenvalue weighted by Gasteiger charge is -2.51. The molecule has 3 aliphatic rings. The molecule has 2 heterocycles. The maximum absolute atomic E-state index is 12.7. The van der Waals surface area contributed by atoms with E-state index in [1.807, 2.05) is 4.90 Å². The zero-order valence-electron chi connectivity index (χ0n) is 17.1. The number of hydrogen-bond acceptors (Lipinski definition) is 3. The van der Waals surface area contributed by atoms with E-state index in [1.54, 1.807) is 0 Å². The molecule has 3 fully saturated rings. The van der Waals surface area contributed by atoms with Gasteiger partial charge in [0.1, 0.15) is 0 Å². The molecule has 0 bridgehead atoms. The molecular weight excluding hydrogens is 336 g/mol. The van der Waals surface area contributed by atoms with E-state index in [9.17, 15) is 9.90 Å². The highest BCUT2D eigenvalue weighted by Crippen LogP contribution is 2.38. The summed E-state index contributed by atoms with van der Waals surface area (Å²) >= 11 is 0. The average Bonchev–Trinajstić information content (AvgIpc) is 2.58. The maximum Gasteiger partial charge on any atom is 0.225 e. The van der Waals surface area contributed by atoms with Crippen molar-refractivity contribution in [3.05, 3.63) is 34.4 Å². The van der Waals surface area contributed by atoms with Crippen molar-refractivity contribution in [2.45, 2.75) is 65.0 Å². The Morgan fingerprint density at radius 2 is 1.78 bits per heavy atom. The lowest BCUT2D eigenvalue weighted by molar-refractivity contribution is -0.153. The fourth-order valence-corrected chi connectivity index (χ4v) is 5.06. The first-order valence-electron chi connectivity index (χ1n) is 10.7. The van der Waals surface area contributed by atoms with Gasteiger partial charge in [0.25, 0.3) is 0 Å². The van der Waals surface area contributed by atoms with E-state index in [2.05, 4.69) is 37.8 Å². The van der Waals surface area contributed by atoms with Gasteiger partial charge in [-0.15, -0.1) is 0 Å². The minimum atomic E-state index is -0.578. The highest BCUT2D eigenvalue weighted by molar-refractivity contribution is 5.79. The van der Waals surface area contributed by atoms with Gasteiger partial charge in [-0.25, -0.2) is 0 Å². The predicted octanol–water partition coefficient (Wildman–Crippen LogP) is 3.20.